The van der Waals surface area contributed by atoms with Crippen LogP contribution in [0.5, 0.6) is 6.01 Å². The van der Waals surface area contributed by atoms with Gasteiger partial charge >= 0.3 is 6.01 Å². The molecule has 0 saturated heterocycles. The molecule has 0 fully saturated rings. The molecule has 0 aliphatic heterocycles. The zero-order valence-electron chi connectivity index (χ0n) is 13.3. The van der Waals surface area contributed by atoms with E-state index < -0.39 is 5.91 Å². The minimum absolute atomic E-state index is 0.118. The number of carbonyl (C=O) groups excluding carboxylic acids is 1. The number of thiophene rings is 1. The lowest BCUT2D eigenvalue weighted by atomic mass is 10.1. The van der Waals surface area contributed by atoms with Crippen molar-refractivity contribution in [3.63, 3.8) is 0 Å². The molecule has 3 aromatic rings. The Hall–Kier alpha value is -2.09. The molecule has 0 unspecified atom stereocenters. The van der Waals surface area contributed by atoms with E-state index in [1.807, 2.05) is 13.8 Å². The van der Waals surface area contributed by atoms with Crippen LogP contribution in [0.15, 0.2) is 18.2 Å². The standard InChI is InChI=1S/C16H14Cl2N4O2S/c1-6(2)24-16-21-12(7-3-4-8(17)9(18)5-7)10-11(19)13(14(20)23)25-15(10)22-16/h3-6H,19H2,1-2H3,(H2,20,23). The van der Waals surface area contributed by atoms with Crippen molar-refractivity contribution in [3.05, 3.63) is 33.1 Å². The number of benzene rings is 1. The number of hydrogen-bond donors (Lipinski definition) is 2. The summed E-state index contributed by atoms with van der Waals surface area (Å²) in [6.45, 7) is 3.73. The van der Waals surface area contributed by atoms with Gasteiger partial charge in [-0.15, -0.1) is 11.3 Å². The number of anilines is 1. The van der Waals surface area contributed by atoms with Crippen molar-refractivity contribution in [2.24, 2.45) is 5.73 Å². The van der Waals surface area contributed by atoms with Crippen LogP contribution in [0.2, 0.25) is 10.0 Å². The van der Waals surface area contributed by atoms with E-state index in [4.69, 9.17) is 39.4 Å². The second-order valence-electron chi connectivity index (χ2n) is 5.54. The average molecular weight is 397 g/mol. The Morgan fingerprint density at radius 3 is 2.56 bits per heavy atom. The molecule has 4 N–H and O–H groups in total. The first-order valence-electron chi connectivity index (χ1n) is 7.29. The summed E-state index contributed by atoms with van der Waals surface area (Å²) in [4.78, 5) is 21.2. The first-order chi connectivity index (χ1) is 11.8. The van der Waals surface area contributed by atoms with Gasteiger partial charge in [-0.25, -0.2) is 0 Å². The molecule has 2 heterocycles. The largest absolute Gasteiger partial charge is 0.461 e. The number of nitrogen functional groups attached to an aromatic ring is 1. The first-order valence-corrected chi connectivity index (χ1v) is 8.87. The number of hydrogen-bond acceptors (Lipinski definition) is 6. The molecule has 25 heavy (non-hydrogen) atoms. The molecule has 0 radical (unpaired) electrons. The van der Waals surface area contributed by atoms with Gasteiger partial charge in [-0.05, 0) is 26.0 Å². The van der Waals surface area contributed by atoms with Gasteiger partial charge in [-0.3, -0.25) is 4.79 Å². The van der Waals surface area contributed by atoms with E-state index in [2.05, 4.69) is 9.97 Å². The van der Waals surface area contributed by atoms with E-state index in [1.165, 1.54) is 0 Å². The Morgan fingerprint density at radius 2 is 1.96 bits per heavy atom. The van der Waals surface area contributed by atoms with Crippen molar-refractivity contribution >= 4 is 56.3 Å². The second-order valence-corrected chi connectivity index (χ2v) is 7.35. The SMILES string of the molecule is CC(C)Oc1nc(-c2ccc(Cl)c(Cl)c2)c2c(N)c(C(N)=O)sc2n1. The Bertz CT molecular complexity index is 988. The lowest BCUT2D eigenvalue weighted by Crippen LogP contribution is -2.10. The fraction of sp³-hybridized carbons (Fsp3) is 0.188. The molecule has 0 spiro atoms. The summed E-state index contributed by atoms with van der Waals surface area (Å²) in [5.74, 6) is -0.619. The fourth-order valence-electron chi connectivity index (χ4n) is 2.30. The van der Waals surface area contributed by atoms with Crippen molar-refractivity contribution in [2.75, 3.05) is 5.73 Å². The number of amides is 1. The van der Waals surface area contributed by atoms with Crippen LogP contribution < -0.4 is 16.2 Å². The number of carbonyl (C=O) groups is 1. The minimum atomic E-state index is -0.619. The van der Waals surface area contributed by atoms with Crippen LogP contribution in [0.4, 0.5) is 5.69 Å². The van der Waals surface area contributed by atoms with Crippen LogP contribution in [0.1, 0.15) is 23.5 Å². The third kappa shape index (κ3) is 3.35. The summed E-state index contributed by atoms with van der Waals surface area (Å²) in [6.07, 6.45) is -0.118. The Balaban J connectivity index is 2.33. The van der Waals surface area contributed by atoms with Gasteiger partial charge in [-0.2, -0.15) is 9.97 Å². The third-order valence-electron chi connectivity index (χ3n) is 3.33. The number of fused-ring (bicyclic) bond motifs is 1. The van der Waals surface area contributed by atoms with E-state index in [0.717, 1.165) is 11.3 Å². The molecule has 1 amide bonds. The number of halogens is 2. The van der Waals surface area contributed by atoms with Gasteiger partial charge in [0.1, 0.15) is 9.71 Å². The molecule has 0 bridgehead atoms. The van der Waals surface area contributed by atoms with Crippen molar-refractivity contribution in [1.82, 2.24) is 9.97 Å². The van der Waals surface area contributed by atoms with E-state index in [0.29, 0.717) is 31.5 Å². The van der Waals surface area contributed by atoms with Crippen molar-refractivity contribution < 1.29 is 9.53 Å². The number of primary amides is 1. The van der Waals surface area contributed by atoms with E-state index in [1.54, 1.807) is 18.2 Å². The Labute approximate surface area is 157 Å². The monoisotopic (exact) mass is 396 g/mol. The predicted octanol–water partition coefficient (Wildman–Crippen LogP) is 4.13. The van der Waals surface area contributed by atoms with Crippen molar-refractivity contribution in [1.29, 1.82) is 0 Å². The molecule has 1 aromatic carbocycles. The summed E-state index contributed by atoms with van der Waals surface area (Å²) in [5.41, 5.74) is 12.9. The molecule has 130 valence electrons. The molecule has 2 aromatic heterocycles. The number of aromatic nitrogens is 2. The van der Waals surface area contributed by atoms with Crippen LogP contribution in [-0.2, 0) is 0 Å². The van der Waals surface area contributed by atoms with Gasteiger partial charge in [0.15, 0.2) is 0 Å². The smallest absolute Gasteiger partial charge is 0.318 e. The molecule has 0 saturated carbocycles. The highest BCUT2D eigenvalue weighted by Crippen LogP contribution is 2.40. The van der Waals surface area contributed by atoms with Crippen LogP contribution in [0.3, 0.4) is 0 Å². The first kappa shape index (κ1) is 17.7. The summed E-state index contributed by atoms with van der Waals surface area (Å²) in [6, 6.07) is 5.27. The molecular formula is C16H14Cl2N4O2S. The van der Waals surface area contributed by atoms with Gasteiger partial charge in [0.05, 0.1) is 32.9 Å². The Kier molecular flexibility index (Phi) is 4.73. The van der Waals surface area contributed by atoms with Gasteiger partial charge in [-0.1, -0.05) is 29.3 Å². The summed E-state index contributed by atoms with van der Waals surface area (Å²) in [5, 5.41) is 1.33. The topological polar surface area (TPSA) is 104 Å². The van der Waals surface area contributed by atoms with Gasteiger partial charge < -0.3 is 16.2 Å². The number of ether oxygens (including phenoxy) is 1. The highest BCUT2D eigenvalue weighted by molar-refractivity contribution is 7.21. The summed E-state index contributed by atoms with van der Waals surface area (Å²) < 4.78 is 5.62. The van der Waals surface area contributed by atoms with Crippen LogP contribution >= 0.6 is 34.5 Å². The second kappa shape index (κ2) is 6.67. The maximum absolute atomic E-state index is 11.6. The summed E-state index contributed by atoms with van der Waals surface area (Å²) in [7, 11) is 0. The maximum Gasteiger partial charge on any atom is 0.318 e. The van der Waals surface area contributed by atoms with Crippen LogP contribution in [0, 0.1) is 0 Å². The number of nitrogens with two attached hydrogens (primary N) is 2. The Morgan fingerprint density at radius 1 is 1.24 bits per heavy atom. The van der Waals surface area contributed by atoms with E-state index >= 15 is 0 Å². The number of nitrogens with zero attached hydrogens (tertiary/aromatic N) is 2. The molecule has 0 atom stereocenters. The molecule has 0 aliphatic carbocycles. The fourth-order valence-corrected chi connectivity index (χ4v) is 3.54. The lowest BCUT2D eigenvalue weighted by Gasteiger charge is -2.11. The molecule has 3 rings (SSSR count). The van der Waals surface area contributed by atoms with Crippen molar-refractivity contribution in [2.45, 2.75) is 20.0 Å². The van der Waals surface area contributed by atoms with Gasteiger partial charge in [0, 0.05) is 5.56 Å². The maximum atomic E-state index is 11.6. The quantitative estimate of drug-likeness (QED) is 0.689. The molecular weight excluding hydrogens is 383 g/mol. The van der Waals surface area contributed by atoms with Gasteiger partial charge in [0.25, 0.3) is 5.91 Å². The molecule has 9 heteroatoms. The van der Waals surface area contributed by atoms with Crippen LogP contribution in [-0.4, -0.2) is 22.0 Å². The van der Waals surface area contributed by atoms with E-state index in [-0.39, 0.29) is 22.7 Å². The highest BCUT2D eigenvalue weighted by Gasteiger charge is 2.22. The minimum Gasteiger partial charge on any atom is -0.461 e. The predicted molar refractivity (Wildman–Crippen MR) is 102 cm³/mol. The zero-order chi connectivity index (χ0) is 18.3. The lowest BCUT2D eigenvalue weighted by molar-refractivity contribution is 0.100. The van der Waals surface area contributed by atoms with Gasteiger partial charge in [0.2, 0.25) is 0 Å². The van der Waals surface area contributed by atoms with Crippen LogP contribution in [0.25, 0.3) is 21.5 Å². The number of rotatable bonds is 4. The van der Waals surface area contributed by atoms with Crippen molar-refractivity contribution in [3.8, 4) is 17.3 Å². The molecule has 6 nitrogen and oxygen atoms in total. The molecule has 0 aliphatic rings. The zero-order valence-corrected chi connectivity index (χ0v) is 15.7. The summed E-state index contributed by atoms with van der Waals surface area (Å²) >= 11 is 13.2. The highest BCUT2D eigenvalue weighted by atomic mass is 35.5. The average Bonchev–Trinajstić information content (AvgIpc) is 2.86. The normalized spacial score (nSPS) is 11.2. The van der Waals surface area contributed by atoms with E-state index in [9.17, 15) is 4.79 Å². The third-order valence-corrected chi connectivity index (χ3v) is 5.18.